The van der Waals surface area contributed by atoms with Crippen molar-refractivity contribution in [2.75, 3.05) is 5.43 Å². The van der Waals surface area contributed by atoms with Crippen molar-refractivity contribution < 1.29 is 9.90 Å². The first-order valence-electron chi connectivity index (χ1n) is 7.22. The Morgan fingerprint density at radius 3 is 2.50 bits per heavy atom. The second-order valence-corrected chi connectivity index (χ2v) is 6.04. The standard InChI is InChI=1S/C17H19N3O2/c1-11-4-9-15-14(10-21)18-16(19-20(11)15)12-5-7-13(8-6-12)17(2,3)22/h4-10,14,22H,1-3H3,(H,18,19). The van der Waals surface area contributed by atoms with Gasteiger partial charge in [-0.2, -0.15) is 0 Å². The van der Waals surface area contributed by atoms with Crippen LogP contribution in [0.4, 0.5) is 0 Å². The van der Waals surface area contributed by atoms with E-state index in [-0.39, 0.29) is 0 Å². The molecule has 1 aromatic carbocycles. The van der Waals surface area contributed by atoms with Gasteiger partial charge in [-0.1, -0.05) is 24.3 Å². The molecular weight excluding hydrogens is 278 g/mol. The third kappa shape index (κ3) is 2.44. The summed E-state index contributed by atoms with van der Waals surface area (Å²) in [5.74, 6) is 0.645. The van der Waals surface area contributed by atoms with Gasteiger partial charge in [0.1, 0.15) is 11.9 Å². The Balaban J connectivity index is 1.97. The maximum Gasteiger partial charge on any atom is 0.150 e. The van der Waals surface area contributed by atoms with E-state index in [0.29, 0.717) is 5.84 Å². The first kappa shape index (κ1) is 14.5. The van der Waals surface area contributed by atoms with Gasteiger partial charge in [0.2, 0.25) is 0 Å². The average molecular weight is 297 g/mol. The van der Waals surface area contributed by atoms with Gasteiger partial charge in [-0.05, 0) is 38.5 Å². The molecule has 0 saturated heterocycles. The summed E-state index contributed by atoms with van der Waals surface area (Å²) in [6.07, 6.45) is 0.845. The van der Waals surface area contributed by atoms with Crippen molar-refractivity contribution in [2.24, 2.45) is 4.99 Å². The lowest BCUT2D eigenvalue weighted by Crippen LogP contribution is -2.32. The fourth-order valence-electron chi connectivity index (χ4n) is 2.56. The van der Waals surface area contributed by atoms with Crippen LogP contribution in [-0.4, -0.2) is 21.9 Å². The highest BCUT2D eigenvalue weighted by Crippen LogP contribution is 2.24. The van der Waals surface area contributed by atoms with Gasteiger partial charge in [0.05, 0.1) is 11.3 Å². The third-order valence-corrected chi connectivity index (χ3v) is 3.89. The molecule has 2 N–H and O–H groups in total. The number of nitrogens with one attached hydrogen (secondary N) is 1. The quantitative estimate of drug-likeness (QED) is 0.854. The van der Waals surface area contributed by atoms with Gasteiger partial charge in [-0.25, -0.2) is 4.99 Å². The number of rotatable bonds is 3. The van der Waals surface area contributed by atoms with E-state index < -0.39 is 11.6 Å². The summed E-state index contributed by atoms with van der Waals surface area (Å²) >= 11 is 0. The maximum absolute atomic E-state index is 11.3. The summed E-state index contributed by atoms with van der Waals surface area (Å²) in [6, 6.07) is 10.9. The van der Waals surface area contributed by atoms with E-state index in [1.165, 1.54) is 0 Å². The van der Waals surface area contributed by atoms with Gasteiger partial charge in [0.25, 0.3) is 0 Å². The molecule has 1 aromatic heterocycles. The highest BCUT2D eigenvalue weighted by molar-refractivity contribution is 6.05. The zero-order valence-corrected chi connectivity index (χ0v) is 12.9. The van der Waals surface area contributed by atoms with E-state index in [0.717, 1.165) is 28.8 Å². The van der Waals surface area contributed by atoms with Crippen molar-refractivity contribution in [1.29, 1.82) is 0 Å². The molecule has 0 radical (unpaired) electrons. The van der Waals surface area contributed by atoms with Gasteiger partial charge in [-0.3, -0.25) is 10.1 Å². The molecular formula is C17H19N3O2. The summed E-state index contributed by atoms with van der Waals surface area (Å²) in [4.78, 5) is 15.8. The lowest BCUT2D eigenvalue weighted by atomic mass is 9.97. The highest BCUT2D eigenvalue weighted by atomic mass is 16.3. The van der Waals surface area contributed by atoms with Crippen molar-refractivity contribution in [2.45, 2.75) is 32.4 Å². The maximum atomic E-state index is 11.3. The molecule has 1 atom stereocenters. The van der Waals surface area contributed by atoms with Gasteiger partial charge >= 0.3 is 0 Å². The summed E-state index contributed by atoms with van der Waals surface area (Å²) in [5, 5.41) is 10.0. The first-order valence-corrected chi connectivity index (χ1v) is 7.22. The number of benzene rings is 1. The summed E-state index contributed by atoms with van der Waals surface area (Å²) in [5.41, 5.74) is 5.91. The number of hydrogen-bond acceptors (Lipinski definition) is 4. The van der Waals surface area contributed by atoms with E-state index in [2.05, 4.69) is 10.4 Å². The van der Waals surface area contributed by atoms with Crippen LogP contribution in [0.1, 0.15) is 42.4 Å². The molecule has 1 aliphatic heterocycles. The number of aryl methyl sites for hydroxylation is 1. The van der Waals surface area contributed by atoms with Crippen molar-refractivity contribution in [3.8, 4) is 0 Å². The number of nitrogens with zero attached hydrogens (tertiary/aromatic N) is 2. The minimum Gasteiger partial charge on any atom is -0.386 e. The molecule has 0 spiro atoms. The third-order valence-electron chi connectivity index (χ3n) is 3.89. The Kier molecular flexibility index (Phi) is 3.37. The number of carbonyl (C=O) groups is 1. The van der Waals surface area contributed by atoms with E-state index in [1.54, 1.807) is 13.8 Å². The van der Waals surface area contributed by atoms with Crippen LogP contribution in [-0.2, 0) is 10.4 Å². The van der Waals surface area contributed by atoms with Crippen molar-refractivity contribution in [3.05, 3.63) is 58.9 Å². The molecule has 0 aliphatic carbocycles. The van der Waals surface area contributed by atoms with Gasteiger partial charge in [0, 0.05) is 11.3 Å². The number of aliphatic hydroxyl groups is 1. The molecule has 5 heteroatoms. The lowest BCUT2D eigenvalue weighted by Gasteiger charge is -2.24. The zero-order chi connectivity index (χ0) is 15.9. The number of aromatic nitrogens is 1. The molecule has 22 heavy (non-hydrogen) atoms. The van der Waals surface area contributed by atoms with Crippen LogP contribution in [0.25, 0.3) is 0 Å². The van der Waals surface area contributed by atoms with Crippen molar-refractivity contribution >= 4 is 12.1 Å². The summed E-state index contributed by atoms with van der Waals surface area (Å²) < 4.78 is 1.88. The molecule has 0 bridgehead atoms. The molecule has 3 rings (SSSR count). The van der Waals surface area contributed by atoms with Crippen molar-refractivity contribution in [3.63, 3.8) is 0 Å². The molecule has 5 nitrogen and oxygen atoms in total. The molecule has 0 amide bonds. The van der Waals surface area contributed by atoms with Gasteiger partial charge in [0.15, 0.2) is 6.29 Å². The van der Waals surface area contributed by atoms with E-state index >= 15 is 0 Å². The number of carbonyl (C=O) groups excluding carboxylic acids is 1. The molecule has 0 saturated carbocycles. The number of aldehydes is 1. The van der Waals surface area contributed by atoms with E-state index in [1.807, 2.05) is 48.0 Å². The predicted octanol–water partition coefficient (Wildman–Crippen LogP) is 2.27. The molecule has 2 aromatic rings. The van der Waals surface area contributed by atoms with Crippen LogP contribution in [0.5, 0.6) is 0 Å². The molecule has 0 fully saturated rings. The summed E-state index contributed by atoms with van der Waals surface area (Å²) in [7, 11) is 0. The molecule has 2 heterocycles. The average Bonchev–Trinajstić information content (AvgIpc) is 2.87. The highest BCUT2D eigenvalue weighted by Gasteiger charge is 2.23. The van der Waals surface area contributed by atoms with Crippen LogP contribution in [0.2, 0.25) is 0 Å². The normalized spacial score (nSPS) is 17.5. The Morgan fingerprint density at radius 1 is 1.23 bits per heavy atom. The Morgan fingerprint density at radius 2 is 1.91 bits per heavy atom. The second-order valence-electron chi connectivity index (χ2n) is 6.04. The number of aliphatic imine (C=N–C) groups is 1. The van der Waals surface area contributed by atoms with E-state index in [4.69, 9.17) is 0 Å². The van der Waals surface area contributed by atoms with Crippen LogP contribution >= 0.6 is 0 Å². The van der Waals surface area contributed by atoms with Gasteiger partial charge < -0.3 is 9.90 Å². The first-order chi connectivity index (χ1) is 10.4. The number of hydrogen-bond donors (Lipinski definition) is 2. The topological polar surface area (TPSA) is 66.6 Å². The monoisotopic (exact) mass is 297 g/mol. The number of amidine groups is 1. The Labute approximate surface area is 129 Å². The zero-order valence-electron chi connectivity index (χ0n) is 12.9. The van der Waals surface area contributed by atoms with Crippen molar-refractivity contribution in [1.82, 2.24) is 4.68 Å². The summed E-state index contributed by atoms with van der Waals surface area (Å²) in [6.45, 7) is 5.46. The lowest BCUT2D eigenvalue weighted by molar-refractivity contribution is -0.109. The minimum atomic E-state index is -0.879. The minimum absolute atomic E-state index is 0.501. The fourth-order valence-corrected chi connectivity index (χ4v) is 2.56. The Hall–Kier alpha value is -2.40. The fraction of sp³-hybridized carbons (Fsp3) is 0.294. The van der Waals surface area contributed by atoms with Crippen LogP contribution < -0.4 is 5.43 Å². The molecule has 1 aliphatic rings. The van der Waals surface area contributed by atoms with Gasteiger partial charge in [-0.15, -0.1) is 0 Å². The molecule has 114 valence electrons. The Bertz CT molecular complexity index is 736. The van der Waals surface area contributed by atoms with Crippen LogP contribution in [0, 0.1) is 6.92 Å². The smallest absolute Gasteiger partial charge is 0.150 e. The predicted molar refractivity (Wildman–Crippen MR) is 85.6 cm³/mol. The van der Waals surface area contributed by atoms with Crippen LogP contribution in [0.3, 0.4) is 0 Å². The largest absolute Gasteiger partial charge is 0.386 e. The SMILES string of the molecule is Cc1ccc2n1NC(c1ccc(C(C)(C)O)cc1)=NC2C=O. The van der Waals surface area contributed by atoms with E-state index in [9.17, 15) is 9.90 Å². The number of fused-ring (bicyclic) bond motifs is 1. The van der Waals surface area contributed by atoms with Crippen LogP contribution in [0.15, 0.2) is 41.4 Å². The second kappa shape index (κ2) is 5.10. The molecule has 1 unspecified atom stereocenters.